The predicted octanol–water partition coefficient (Wildman–Crippen LogP) is 1.95. The molecule has 0 aromatic heterocycles. The predicted molar refractivity (Wildman–Crippen MR) is 87.4 cm³/mol. The van der Waals surface area contributed by atoms with Gasteiger partial charge in [-0.1, -0.05) is 0 Å². The van der Waals surface area contributed by atoms with Crippen LogP contribution in [0.25, 0.3) is 0 Å². The van der Waals surface area contributed by atoms with Crippen molar-refractivity contribution in [2.75, 3.05) is 51.2 Å². The SMILES string of the molecule is CN1CCN(C2CCN(c3ccc([N+](=O)[O-])cc3F)CC2)CC1. The molecule has 0 saturated carbocycles. The van der Waals surface area contributed by atoms with Gasteiger partial charge in [-0.3, -0.25) is 15.0 Å². The van der Waals surface area contributed by atoms with Crippen LogP contribution in [0.15, 0.2) is 18.2 Å². The summed E-state index contributed by atoms with van der Waals surface area (Å²) < 4.78 is 14.1. The topological polar surface area (TPSA) is 52.9 Å². The average Bonchev–Trinajstić information content (AvgIpc) is 2.56. The van der Waals surface area contributed by atoms with Gasteiger partial charge in [-0.25, -0.2) is 4.39 Å². The third kappa shape index (κ3) is 3.61. The van der Waals surface area contributed by atoms with Crippen LogP contribution >= 0.6 is 0 Å². The smallest absolute Gasteiger partial charge is 0.272 e. The highest BCUT2D eigenvalue weighted by molar-refractivity contribution is 5.52. The lowest BCUT2D eigenvalue weighted by Crippen LogP contribution is -2.52. The molecule has 0 radical (unpaired) electrons. The zero-order chi connectivity index (χ0) is 16.4. The zero-order valence-electron chi connectivity index (χ0n) is 13.4. The van der Waals surface area contributed by atoms with Crippen molar-refractivity contribution in [2.45, 2.75) is 18.9 Å². The first-order valence-electron chi connectivity index (χ1n) is 8.16. The second kappa shape index (κ2) is 6.80. The number of likely N-dealkylation sites (N-methyl/N-ethyl adjacent to an activating group) is 1. The van der Waals surface area contributed by atoms with E-state index in [0.717, 1.165) is 58.2 Å². The van der Waals surface area contributed by atoms with E-state index in [2.05, 4.69) is 16.8 Å². The maximum absolute atomic E-state index is 14.1. The number of hydrogen-bond acceptors (Lipinski definition) is 5. The first-order valence-corrected chi connectivity index (χ1v) is 8.16. The number of piperidine rings is 1. The minimum atomic E-state index is -0.563. The van der Waals surface area contributed by atoms with Gasteiger partial charge in [-0.05, 0) is 26.0 Å². The Morgan fingerprint density at radius 2 is 1.78 bits per heavy atom. The van der Waals surface area contributed by atoms with Crippen LogP contribution in [0.3, 0.4) is 0 Å². The van der Waals surface area contributed by atoms with E-state index in [0.29, 0.717) is 11.7 Å². The highest BCUT2D eigenvalue weighted by Gasteiger charge is 2.27. The molecule has 2 fully saturated rings. The lowest BCUT2D eigenvalue weighted by atomic mass is 10.0. The summed E-state index contributed by atoms with van der Waals surface area (Å²) >= 11 is 0. The fourth-order valence-corrected chi connectivity index (χ4v) is 3.52. The lowest BCUT2D eigenvalue weighted by Gasteiger charge is -2.42. The maximum atomic E-state index is 14.1. The van der Waals surface area contributed by atoms with Gasteiger partial charge < -0.3 is 9.80 Å². The van der Waals surface area contributed by atoms with Crippen molar-refractivity contribution in [3.8, 4) is 0 Å². The molecule has 6 nitrogen and oxygen atoms in total. The van der Waals surface area contributed by atoms with Gasteiger partial charge >= 0.3 is 0 Å². The van der Waals surface area contributed by atoms with Crippen LogP contribution in [0.4, 0.5) is 15.8 Å². The molecule has 2 saturated heterocycles. The largest absolute Gasteiger partial charge is 0.369 e. The molecule has 23 heavy (non-hydrogen) atoms. The number of anilines is 1. The Morgan fingerprint density at radius 1 is 1.13 bits per heavy atom. The van der Waals surface area contributed by atoms with Crippen molar-refractivity contribution in [3.05, 3.63) is 34.1 Å². The molecule has 2 aliphatic heterocycles. The van der Waals surface area contributed by atoms with Gasteiger partial charge in [0.15, 0.2) is 5.82 Å². The van der Waals surface area contributed by atoms with Crippen LogP contribution < -0.4 is 4.90 Å². The van der Waals surface area contributed by atoms with E-state index < -0.39 is 10.7 Å². The zero-order valence-corrected chi connectivity index (χ0v) is 13.4. The van der Waals surface area contributed by atoms with E-state index in [9.17, 15) is 14.5 Å². The summed E-state index contributed by atoms with van der Waals surface area (Å²) in [7, 11) is 2.15. The normalized spacial score (nSPS) is 21.6. The number of piperazine rings is 1. The Morgan fingerprint density at radius 3 is 2.35 bits per heavy atom. The van der Waals surface area contributed by atoms with E-state index in [4.69, 9.17) is 0 Å². The van der Waals surface area contributed by atoms with Crippen molar-refractivity contribution in [1.29, 1.82) is 0 Å². The number of nitro benzene ring substituents is 1. The molecule has 0 N–H and O–H groups in total. The quantitative estimate of drug-likeness (QED) is 0.629. The molecule has 0 bridgehead atoms. The second-order valence-electron chi connectivity index (χ2n) is 6.45. The highest BCUT2D eigenvalue weighted by Crippen LogP contribution is 2.28. The number of rotatable bonds is 3. The van der Waals surface area contributed by atoms with Gasteiger partial charge in [0.05, 0.1) is 16.7 Å². The number of halogens is 1. The maximum Gasteiger partial charge on any atom is 0.272 e. The number of non-ortho nitro benzene ring substituents is 1. The molecule has 1 aromatic carbocycles. The third-order valence-corrected chi connectivity index (χ3v) is 5.00. The molecule has 2 heterocycles. The Kier molecular flexibility index (Phi) is 4.77. The molecule has 0 aliphatic carbocycles. The van der Waals surface area contributed by atoms with Gasteiger partial charge in [0.25, 0.3) is 5.69 Å². The van der Waals surface area contributed by atoms with E-state index in [1.54, 1.807) is 0 Å². The number of nitro groups is 1. The summed E-state index contributed by atoms with van der Waals surface area (Å²) in [5, 5.41) is 10.7. The first kappa shape index (κ1) is 16.1. The number of benzene rings is 1. The van der Waals surface area contributed by atoms with Crippen LogP contribution in [0.1, 0.15) is 12.8 Å². The Balaban J connectivity index is 1.59. The van der Waals surface area contributed by atoms with Crippen molar-refractivity contribution in [1.82, 2.24) is 9.80 Å². The van der Waals surface area contributed by atoms with Gasteiger partial charge in [0.2, 0.25) is 0 Å². The summed E-state index contributed by atoms with van der Waals surface area (Å²) in [4.78, 5) is 17.0. The van der Waals surface area contributed by atoms with Gasteiger partial charge in [-0.15, -0.1) is 0 Å². The molecule has 7 heteroatoms. The van der Waals surface area contributed by atoms with Gasteiger partial charge in [0.1, 0.15) is 0 Å². The fraction of sp³-hybridized carbons (Fsp3) is 0.625. The third-order valence-electron chi connectivity index (χ3n) is 5.00. The number of nitrogens with zero attached hydrogens (tertiary/aromatic N) is 4. The first-order chi connectivity index (χ1) is 11.0. The minimum absolute atomic E-state index is 0.196. The summed E-state index contributed by atoms with van der Waals surface area (Å²) in [6, 6.07) is 4.50. The van der Waals surface area contributed by atoms with Crippen LogP contribution in [-0.2, 0) is 0 Å². The van der Waals surface area contributed by atoms with Crippen LogP contribution in [-0.4, -0.2) is 67.1 Å². The Bertz CT molecular complexity index is 567. The van der Waals surface area contributed by atoms with Gasteiger partial charge in [0, 0.05) is 51.4 Å². The molecule has 0 spiro atoms. The van der Waals surface area contributed by atoms with Crippen LogP contribution in [0, 0.1) is 15.9 Å². The van der Waals surface area contributed by atoms with E-state index in [1.807, 2.05) is 4.90 Å². The van der Waals surface area contributed by atoms with Crippen molar-refractivity contribution < 1.29 is 9.31 Å². The molecular weight excluding hydrogens is 299 g/mol. The lowest BCUT2D eigenvalue weighted by molar-refractivity contribution is -0.385. The monoisotopic (exact) mass is 322 g/mol. The van der Waals surface area contributed by atoms with E-state index >= 15 is 0 Å². The molecule has 0 unspecified atom stereocenters. The number of hydrogen-bond donors (Lipinski definition) is 0. The fourth-order valence-electron chi connectivity index (χ4n) is 3.52. The standard InChI is InChI=1S/C16H23FN4O2/c1-18-8-10-19(11-9-18)13-4-6-20(7-5-13)16-3-2-14(21(22)23)12-15(16)17/h2-3,12-13H,4-11H2,1H3. The summed E-state index contributed by atoms with van der Waals surface area (Å²) in [5.74, 6) is -0.503. The minimum Gasteiger partial charge on any atom is -0.369 e. The molecule has 126 valence electrons. The molecular formula is C16H23FN4O2. The molecule has 0 atom stereocenters. The Hall–Kier alpha value is -1.73. The van der Waals surface area contributed by atoms with Crippen LogP contribution in [0.5, 0.6) is 0 Å². The van der Waals surface area contributed by atoms with Crippen molar-refractivity contribution in [2.24, 2.45) is 0 Å². The van der Waals surface area contributed by atoms with Crippen molar-refractivity contribution in [3.63, 3.8) is 0 Å². The molecule has 2 aliphatic rings. The molecule has 1 aromatic rings. The summed E-state index contributed by atoms with van der Waals surface area (Å²) in [5.41, 5.74) is 0.283. The van der Waals surface area contributed by atoms with Crippen LogP contribution in [0.2, 0.25) is 0 Å². The van der Waals surface area contributed by atoms with E-state index in [1.165, 1.54) is 12.1 Å². The van der Waals surface area contributed by atoms with E-state index in [-0.39, 0.29) is 5.69 Å². The summed E-state index contributed by atoms with van der Waals surface area (Å²) in [6.07, 6.45) is 2.03. The summed E-state index contributed by atoms with van der Waals surface area (Å²) in [6.45, 7) is 6.02. The average molecular weight is 322 g/mol. The van der Waals surface area contributed by atoms with Gasteiger partial charge in [-0.2, -0.15) is 0 Å². The molecule has 0 amide bonds. The van der Waals surface area contributed by atoms with Crippen molar-refractivity contribution >= 4 is 11.4 Å². The second-order valence-corrected chi connectivity index (χ2v) is 6.45. The molecule has 3 rings (SSSR count). The highest BCUT2D eigenvalue weighted by atomic mass is 19.1. The Labute approximate surface area is 135 Å².